The second kappa shape index (κ2) is 9.11. The van der Waals surface area contributed by atoms with Gasteiger partial charge in [0.25, 0.3) is 0 Å². The quantitative estimate of drug-likeness (QED) is 0.673. The van der Waals surface area contributed by atoms with Gasteiger partial charge in [-0.25, -0.2) is 0 Å². The van der Waals surface area contributed by atoms with Crippen molar-refractivity contribution in [2.75, 3.05) is 13.7 Å². The summed E-state index contributed by atoms with van der Waals surface area (Å²) in [6.45, 7) is 7.37. The largest absolute Gasteiger partial charge is 0.377 e. The molecule has 2 heteroatoms. The molecule has 0 bridgehead atoms. The summed E-state index contributed by atoms with van der Waals surface area (Å²) in [7, 11) is 2.00. The van der Waals surface area contributed by atoms with E-state index >= 15 is 0 Å². The smallest absolute Gasteiger partial charge is 0.0741 e. The number of ether oxygens (including phenoxy) is 1. The van der Waals surface area contributed by atoms with Gasteiger partial charge in [-0.2, -0.15) is 0 Å². The fourth-order valence-corrected chi connectivity index (χ4v) is 2.34. The van der Waals surface area contributed by atoms with E-state index in [1.807, 2.05) is 7.05 Å². The average molecular weight is 263 g/mol. The van der Waals surface area contributed by atoms with E-state index in [9.17, 15) is 0 Å². The molecule has 0 radical (unpaired) electrons. The molecule has 0 spiro atoms. The van der Waals surface area contributed by atoms with Gasteiger partial charge < -0.3 is 10.1 Å². The topological polar surface area (TPSA) is 21.3 Å². The van der Waals surface area contributed by atoms with E-state index < -0.39 is 0 Å². The summed E-state index contributed by atoms with van der Waals surface area (Å²) < 4.78 is 5.96. The van der Waals surface area contributed by atoms with Gasteiger partial charge in [0.1, 0.15) is 0 Å². The van der Waals surface area contributed by atoms with Crippen LogP contribution in [-0.2, 0) is 4.74 Å². The Morgan fingerprint density at radius 2 is 1.79 bits per heavy atom. The molecule has 1 rings (SSSR count). The first-order chi connectivity index (χ1) is 9.19. The maximum atomic E-state index is 5.96. The highest BCUT2D eigenvalue weighted by atomic mass is 16.5. The van der Waals surface area contributed by atoms with Crippen molar-refractivity contribution in [2.45, 2.75) is 58.6 Å². The molecular weight excluding hydrogens is 234 g/mol. The monoisotopic (exact) mass is 263 g/mol. The number of hydrogen-bond acceptors (Lipinski definition) is 2. The SMILES string of the molecule is CCCCCCOC(C)C(NC)c1ccc(C)cc1. The highest BCUT2D eigenvalue weighted by Crippen LogP contribution is 2.19. The van der Waals surface area contributed by atoms with Gasteiger partial charge in [-0.05, 0) is 32.9 Å². The second-order valence-electron chi connectivity index (χ2n) is 5.31. The van der Waals surface area contributed by atoms with Crippen LogP contribution in [0.1, 0.15) is 56.7 Å². The van der Waals surface area contributed by atoms with E-state index in [1.165, 1.54) is 36.8 Å². The van der Waals surface area contributed by atoms with Gasteiger partial charge in [0.05, 0.1) is 12.1 Å². The van der Waals surface area contributed by atoms with E-state index in [1.54, 1.807) is 0 Å². The molecule has 0 aromatic heterocycles. The van der Waals surface area contributed by atoms with Gasteiger partial charge >= 0.3 is 0 Å². The molecule has 1 N–H and O–H groups in total. The van der Waals surface area contributed by atoms with Crippen molar-refractivity contribution >= 4 is 0 Å². The minimum Gasteiger partial charge on any atom is -0.377 e. The van der Waals surface area contributed by atoms with E-state index in [0.29, 0.717) is 0 Å². The molecule has 1 aromatic rings. The summed E-state index contributed by atoms with van der Waals surface area (Å²) in [6, 6.07) is 8.97. The van der Waals surface area contributed by atoms with Crippen molar-refractivity contribution in [1.29, 1.82) is 0 Å². The lowest BCUT2D eigenvalue weighted by Gasteiger charge is -2.24. The number of rotatable bonds is 9. The molecule has 2 nitrogen and oxygen atoms in total. The number of unbranched alkanes of at least 4 members (excludes halogenated alkanes) is 3. The minimum absolute atomic E-state index is 0.203. The first-order valence-electron chi connectivity index (χ1n) is 7.54. The third-order valence-corrected chi connectivity index (χ3v) is 3.60. The molecule has 0 saturated heterocycles. The van der Waals surface area contributed by atoms with Crippen molar-refractivity contribution in [3.8, 4) is 0 Å². The standard InChI is InChI=1S/C17H29NO/c1-5-6-7-8-13-19-15(3)17(18-4)16-11-9-14(2)10-12-16/h9-12,15,17-18H,5-8,13H2,1-4H3. The molecule has 0 aliphatic carbocycles. The summed E-state index contributed by atoms with van der Waals surface area (Å²) in [6.07, 6.45) is 5.23. The summed E-state index contributed by atoms with van der Waals surface area (Å²) in [5.74, 6) is 0. The Morgan fingerprint density at radius 1 is 1.11 bits per heavy atom. The van der Waals surface area contributed by atoms with Crippen LogP contribution in [0.15, 0.2) is 24.3 Å². The zero-order chi connectivity index (χ0) is 14.1. The Balaban J connectivity index is 2.43. The highest BCUT2D eigenvalue weighted by Gasteiger charge is 2.17. The molecule has 1 aromatic carbocycles. The third-order valence-electron chi connectivity index (χ3n) is 3.60. The average Bonchev–Trinajstić information content (AvgIpc) is 2.41. The molecular formula is C17H29NO. The van der Waals surface area contributed by atoms with E-state index in [-0.39, 0.29) is 12.1 Å². The normalized spacial score (nSPS) is 14.3. The van der Waals surface area contributed by atoms with Gasteiger partial charge in [0, 0.05) is 6.61 Å². The number of hydrogen-bond donors (Lipinski definition) is 1. The predicted octanol–water partition coefficient (Wildman–Crippen LogP) is 4.24. The zero-order valence-electron chi connectivity index (χ0n) is 12.9. The number of aryl methyl sites for hydroxylation is 1. The summed E-state index contributed by atoms with van der Waals surface area (Å²) >= 11 is 0. The van der Waals surface area contributed by atoms with E-state index in [2.05, 4.69) is 50.4 Å². The number of likely N-dealkylation sites (N-methyl/N-ethyl adjacent to an activating group) is 1. The van der Waals surface area contributed by atoms with E-state index in [0.717, 1.165) is 6.61 Å². The maximum absolute atomic E-state index is 5.96. The van der Waals surface area contributed by atoms with Gasteiger partial charge in [-0.15, -0.1) is 0 Å². The van der Waals surface area contributed by atoms with Crippen molar-refractivity contribution in [3.63, 3.8) is 0 Å². The van der Waals surface area contributed by atoms with Crippen LogP contribution in [0.2, 0.25) is 0 Å². The molecule has 2 atom stereocenters. The Labute approximate surface area is 118 Å². The molecule has 2 unspecified atom stereocenters. The maximum Gasteiger partial charge on any atom is 0.0741 e. The number of benzene rings is 1. The van der Waals surface area contributed by atoms with E-state index in [4.69, 9.17) is 4.74 Å². The Morgan fingerprint density at radius 3 is 2.37 bits per heavy atom. The van der Waals surface area contributed by atoms with Crippen molar-refractivity contribution in [2.24, 2.45) is 0 Å². The van der Waals surface area contributed by atoms with Crippen LogP contribution in [0.3, 0.4) is 0 Å². The van der Waals surface area contributed by atoms with Crippen LogP contribution < -0.4 is 5.32 Å². The summed E-state index contributed by atoms with van der Waals surface area (Å²) in [5.41, 5.74) is 2.60. The third kappa shape index (κ3) is 5.75. The van der Waals surface area contributed by atoms with Crippen LogP contribution >= 0.6 is 0 Å². The van der Waals surface area contributed by atoms with Crippen LogP contribution in [0.5, 0.6) is 0 Å². The zero-order valence-corrected chi connectivity index (χ0v) is 12.9. The Hall–Kier alpha value is -0.860. The summed E-state index contributed by atoms with van der Waals surface area (Å²) in [4.78, 5) is 0. The first-order valence-corrected chi connectivity index (χ1v) is 7.54. The minimum atomic E-state index is 0.203. The fourth-order valence-electron chi connectivity index (χ4n) is 2.34. The van der Waals surface area contributed by atoms with Crippen LogP contribution in [0, 0.1) is 6.92 Å². The summed E-state index contributed by atoms with van der Waals surface area (Å²) in [5, 5.41) is 3.36. The molecule has 0 heterocycles. The number of nitrogens with one attached hydrogen (secondary N) is 1. The van der Waals surface area contributed by atoms with Crippen molar-refractivity contribution < 1.29 is 4.74 Å². The lowest BCUT2D eigenvalue weighted by molar-refractivity contribution is 0.0380. The lowest BCUT2D eigenvalue weighted by Crippen LogP contribution is -2.29. The Bertz CT molecular complexity index is 334. The predicted molar refractivity (Wildman–Crippen MR) is 82.5 cm³/mol. The lowest BCUT2D eigenvalue weighted by atomic mass is 10.0. The van der Waals surface area contributed by atoms with Crippen molar-refractivity contribution in [3.05, 3.63) is 35.4 Å². The Kier molecular flexibility index (Phi) is 7.76. The van der Waals surface area contributed by atoms with Gasteiger partial charge in [-0.3, -0.25) is 0 Å². The van der Waals surface area contributed by atoms with Gasteiger partial charge in [-0.1, -0.05) is 56.0 Å². The molecule has 19 heavy (non-hydrogen) atoms. The van der Waals surface area contributed by atoms with Gasteiger partial charge in [0.2, 0.25) is 0 Å². The molecule has 0 aliphatic rings. The first kappa shape index (κ1) is 16.2. The fraction of sp³-hybridized carbons (Fsp3) is 0.647. The van der Waals surface area contributed by atoms with Crippen LogP contribution in [0.4, 0.5) is 0 Å². The van der Waals surface area contributed by atoms with Crippen LogP contribution in [0.25, 0.3) is 0 Å². The molecule has 0 saturated carbocycles. The molecule has 0 amide bonds. The molecule has 0 aliphatic heterocycles. The molecule has 0 fully saturated rings. The highest BCUT2D eigenvalue weighted by molar-refractivity contribution is 5.24. The second-order valence-corrected chi connectivity index (χ2v) is 5.31. The van der Waals surface area contributed by atoms with Gasteiger partial charge in [0.15, 0.2) is 0 Å². The van der Waals surface area contributed by atoms with Crippen molar-refractivity contribution in [1.82, 2.24) is 5.32 Å². The van der Waals surface area contributed by atoms with Crippen LogP contribution in [-0.4, -0.2) is 19.8 Å². The molecule has 108 valence electrons.